The summed E-state index contributed by atoms with van der Waals surface area (Å²) in [6.45, 7) is 4.25. The summed E-state index contributed by atoms with van der Waals surface area (Å²) < 4.78 is 0. The molecule has 0 bridgehead atoms. The lowest BCUT2D eigenvalue weighted by atomic mass is 9.97. The van der Waals surface area contributed by atoms with E-state index in [-0.39, 0.29) is 18.0 Å². The maximum absolute atomic E-state index is 10.5. The molecule has 4 rings (SSSR count). The van der Waals surface area contributed by atoms with E-state index in [1.54, 1.807) is 12.1 Å². The molecule has 0 aliphatic carbocycles. The number of halogens is 1. The third-order valence-corrected chi connectivity index (χ3v) is 5.75. The number of hydrogen-bond acceptors (Lipinski definition) is 2. The Morgan fingerprint density at radius 3 is 2.41 bits per heavy atom. The number of nitrogens with two attached hydrogens (primary N) is 1. The van der Waals surface area contributed by atoms with E-state index in [1.165, 1.54) is 16.7 Å². The largest absolute Gasteiger partial charge is 0.507 e. The van der Waals surface area contributed by atoms with Gasteiger partial charge in [-0.3, -0.25) is 0 Å². The highest BCUT2D eigenvalue weighted by atomic mass is 35.5. The highest BCUT2D eigenvalue weighted by Crippen LogP contribution is 2.31. The minimum absolute atomic E-state index is 0.0323. The normalized spacial score (nSPS) is 18.8. The molecule has 2 atom stereocenters. The molecular formula is C25H26ClN2O+. The second kappa shape index (κ2) is 8.32. The number of quaternary nitrogens is 1. The van der Waals surface area contributed by atoms with E-state index in [0.717, 1.165) is 23.2 Å². The molecule has 1 aliphatic heterocycles. The number of aryl methyl sites for hydroxylation is 2. The van der Waals surface area contributed by atoms with Crippen molar-refractivity contribution in [3.05, 3.63) is 106 Å². The Balaban J connectivity index is 1.75. The second-order valence-electron chi connectivity index (χ2n) is 7.58. The molecule has 0 saturated carbocycles. The summed E-state index contributed by atoms with van der Waals surface area (Å²) in [5, 5.41) is 17.0. The fourth-order valence-corrected chi connectivity index (χ4v) is 3.94. The minimum Gasteiger partial charge on any atom is -0.507 e. The highest BCUT2D eigenvalue weighted by molar-refractivity contribution is 6.30. The van der Waals surface area contributed by atoms with Crippen molar-refractivity contribution < 1.29 is 10.4 Å². The van der Waals surface area contributed by atoms with Crippen LogP contribution in [0.3, 0.4) is 0 Å². The molecule has 3 aromatic carbocycles. The van der Waals surface area contributed by atoms with Gasteiger partial charge >= 0.3 is 0 Å². The van der Waals surface area contributed by atoms with Gasteiger partial charge in [-0.05, 0) is 42.7 Å². The van der Waals surface area contributed by atoms with Crippen LogP contribution in [0.1, 0.15) is 46.9 Å². The van der Waals surface area contributed by atoms with Crippen LogP contribution in [0.5, 0.6) is 5.75 Å². The standard InChI is InChI=1S/C25H25ClN2O/c1-3-17-6-10-18(11-7-17)22-15-23(21-14-20(26)12-13-24(21)29)28-25(27-22)19-8-4-16(2)5-9-19/h4-15,23,25,27-29H,3H2,1-2H3/p+1. The zero-order chi connectivity index (χ0) is 20.4. The molecule has 0 radical (unpaired) electrons. The van der Waals surface area contributed by atoms with Crippen LogP contribution in [0.15, 0.2) is 72.8 Å². The summed E-state index contributed by atoms with van der Waals surface area (Å²) in [4.78, 5) is 0. The number of nitrogens with one attached hydrogen (secondary N) is 1. The number of phenolic OH excluding ortho intramolecular Hbond substituents is 1. The smallest absolute Gasteiger partial charge is 0.186 e. The van der Waals surface area contributed by atoms with E-state index in [9.17, 15) is 5.11 Å². The van der Waals surface area contributed by atoms with E-state index < -0.39 is 0 Å². The monoisotopic (exact) mass is 405 g/mol. The van der Waals surface area contributed by atoms with Gasteiger partial charge in [0.05, 0.1) is 5.56 Å². The fourth-order valence-electron chi connectivity index (χ4n) is 3.76. The van der Waals surface area contributed by atoms with Crippen molar-refractivity contribution >= 4 is 17.3 Å². The summed E-state index contributed by atoms with van der Waals surface area (Å²) in [6, 6.07) is 22.4. The Bertz CT molecular complexity index is 1030. The SMILES string of the molecule is CCc1ccc(C2=CC(c3cc(Cl)ccc3O)[NH2+]C(c3ccc(C)cc3)N2)cc1. The fraction of sp³-hybridized carbons (Fsp3) is 0.200. The van der Waals surface area contributed by atoms with Crippen molar-refractivity contribution in [2.75, 3.05) is 0 Å². The lowest BCUT2D eigenvalue weighted by Crippen LogP contribution is -2.89. The summed E-state index contributed by atoms with van der Waals surface area (Å²) in [5.41, 5.74) is 6.76. The Morgan fingerprint density at radius 2 is 1.72 bits per heavy atom. The number of benzene rings is 3. The molecule has 2 unspecified atom stereocenters. The molecule has 3 aromatic rings. The number of aromatic hydroxyl groups is 1. The number of rotatable bonds is 4. The Labute approximate surface area is 177 Å². The third-order valence-electron chi connectivity index (χ3n) is 5.52. The molecule has 0 aromatic heterocycles. The Kier molecular flexibility index (Phi) is 5.61. The predicted molar refractivity (Wildman–Crippen MR) is 119 cm³/mol. The van der Waals surface area contributed by atoms with E-state index in [1.807, 2.05) is 6.07 Å². The first-order valence-corrected chi connectivity index (χ1v) is 10.4. The van der Waals surface area contributed by atoms with Crippen LogP contribution in [0.4, 0.5) is 0 Å². The maximum atomic E-state index is 10.5. The summed E-state index contributed by atoms with van der Waals surface area (Å²) in [6.07, 6.45) is 3.22. The molecule has 0 amide bonds. The van der Waals surface area contributed by atoms with E-state index in [2.05, 4.69) is 79.1 Å². The van der Waals surface area contributed by atoms with Crippen molar-refractivity contribution in [1.82, 2.24) is 5.32 Å². The van der Waals surface area contributed by atoms with E-state index in [0.29, 0.717) is 5.02 Å². The van der Waals surface area contributed by atoms with Gasteiger partial charge in [-0.25, -0.2) is 0 Å². The molecule has 1 aliphatic rings. The van der Waals surface area contributed by atoms with Crippen molar-refractivity contribution in [3.63, 3.8) is 0 Å². The van der Waals surface area contributed by atoms with Gasteiger partial charge in [0.25, 0.3) is 0 Å². The van der Waals surface area contributed by atoms with Crippen LogP contribution in [0, 0.1) is 6.92 Å². The average molecular weight is 406 g/mol. The lowest BCUT2D eigenvalue weighted by Gasteiger charge is -2.30. The predicted octanol–water partition coefficient (Wildman–Crippen LogP) is 4.86. The number of hydrogen-bond donors (Lipinski definition) is 3. The third kappa shape index (κ3) is 4.31. The van der Waals surface area contributed by atoms with Crippen molar-refractivity contribution in [3.8, 4) is 5.75 Å². The topological polar surface area (TPSA) is 48.9 Å². The molecule has 3 nitrogen and oxygen atoms in total. The summed E-state index contributed by atoms with van der Waals surface area (Å²) in [7, 11) is 0. The van der Waals surface area contributed by atoms with Gasteiger partial charge in [0.15, 0.2) is 6.17 Å². The van der Waals surface area contributed by atoms with Crippen LogP contribution in [-0.2, 0) is 6.42 Å². The number of phenols is 1. The van der Waals surface area contributed by atoms with Crippen LogP contribution in [0.25, 0.3) is 5.70 Å². The molecule has 0 spiro atoms. The zero-order valence-electron chi connectivity index (χ0n) is 16.7. The molecule has 4 heteroatoms. The minimum atomic E-state index is -0.0536. The first kappa shape index (κ1) is 19.6. The molecule has 1 heterocycles. The van der Waals surface area contributed by atoms with Gasteiger partial charge < -0.3 is 15.7 Å². The Hall–Kier alpha value is -2.75. The molecular weight excluding hydrogens is 380 g/mol. The van der Waals surface area contributed by atoms with Crippen molar-refractivity contribution in [2.24, 2.45) is 0 Å². The Morgan fingerprint density at radius 1 is 1.00 bits per heavy atom. The first-order chi connectivity index (χ1) is 14.0. The molecule has 4 N–H and O–H groups in total. The van der Waals surface area contributed by atoms with Crippen molar-refractivity contribution in [1.29, 1.82) is 0 Å². The van der Waals surface area contributed by atoms with E-state index in [4.69, 9.17) is 11.6 Å². The molecule has 0 fully saturated rings. The quantitative estimate of drug-likeness (QED) is 0.580. The lowest BCUT2D eigenvalue weighted by molar-refractivity contribution is -0.731. The molecule has 148 valence electrons. The van der Waals surface area contributed by atoms with Crippen LogP contribution in [0.2, 0.25) is 5.02 Å². The average Bonchev–Trinajstić information content (AvgIpc) is 2.75. The summed E-state index contributed by atoms with van der Waals surface area (Å²) >= 11 is 6.23. The van der Waals surface area contributed by atoms with Crippen LogP contribution in [-0.4, -0.2) is 5.11 Å². The zero-order valence-corrected chi connectivity index (χ0v) is 17.4. The van der Waals surface area contributed by atoms with Crippen molar-refractivity contribution in [2.45, 2.75) is 32.5 Å². The van der Waals surface area contributed by atoms with Gasteiger partial charge in [-0.1, -0.05) is 72.6 Å². The first-order valence-electron chi connectivity index (χ1n) is 10.0. The second-order valence-corrected chi connectivity index (χ2v) is 8.02. The summed E-state index contributed by atoms with van der Waals surface area (Å²) in [5.74, 6) is 0.261. The van der Waals surface area contributed by atoms with Gasteiger partial charge in [0, 0.05) is 22.4 Å². The van der Waals surface area contributed by atoms with Crippen LogP contribution < -0.4 is 10.6 Å². The van der Waals surface area contributed by atoms with Gasteiger partial charge in [-0.2, -0.15) is 0 Å². The van der Waals surface area contributed by atoms with E-state index >= 15 is 0 Å². The maximum Gasteiger partial charge on any atom is 0.186 e. The molecule has 29 heavy (non-hydrogen) atoms. The van der Waals surface area contributed by atoms with Gasteiger partial charge in [0.1, 0.15) is 11.8 Å². The van der Waals surface area contributed by atoms with Gasteiger partial charge in [0.2, 0.25) is 0 Å². The van der Waals surface area contributed by atoms with Gasteiger partial charge in [-0.15, -0.1) is 0 Å². The highest BCUT2D eigenvalue weighted by Gasteiger charge is 2.29. The molecule has 0 saturated heterocycles. The van der Waals surface area contributed by atoms with Crippen LogP contribution >= 0.6 is 11.6 Å².